The predicted molar refractivity (Wildman–Crippen MR) is 101 cm³/mol. The molecule has 0 radical (unpaired) electrons. The third kappa shape index (κ3) is 5.84. The van der Waals surface area contributed by atoms with Crippen molar-refractivity contribution in [3.05, 3.63) is 77.1 Å². The topological polar surface area (TPSA) is 32.3 Å². The second-order valence-corrected chi connectivity index (χ2v) is 6.20. The molecule has 0 heterocycles. The number of hydrogen-bond donors (Lipinski definition) is 1. The van der Waals surface area contributed by atoms with Gasteiger partial charge in [-0.3, -0.25) is 4.79 Å². The fraction of sp³-hybridized carbons (Fsp3) is 0.286. The number of carbonyl (C=O) groups excluding carboxylic acids is 1. The number of amides is 1. The molecule has 0 fully saturated rings. The number of likely N-dealkylation sites (N-methyl/N-ethyl adjacent to an activating group) is 1. The van der Waals surface area contributed by atoms with Crippen LogP contribution in [0.5, 0.6) is 0 Å². The molecule has 0 saturated carbocycles. The molecule has 132 valence electrons. The van der Waals surface area contributed by atoms with Gasteiger partial charge in [-0.15, -0.1) is 0 Å². The lowest BCUT2D eigenvalue weighted by atomic mass is 10.0. The highest BCUT2D eigenvalue weighted by Gasteiger charge is 2.14. The number of aryl methyl sites for hydroxylation is 1. The Labute approximate surface area is 149 Å². The van der Waals surface area contributed by atoms with Gasteiger partial charge in [-0.2, -0.15) is 0 Å². The summed E-state index contributed by atoms with van der Waals surface area (Å²) in [7, 11) is 4.00. The summed E-state index contributed by atoms with van der Waals surface area (Å²) in [5, 5.41) is 2.93. The maximum atomic E-state index is 12.9. The normalized spacial score (nSPS) is 12.5. The zero-order valence-corrected chi connectivity index (χ0v) is 15.0. The van der Waals surface area contributed by atoms with Crippen LogP contribution in [0, 0.1) is 5.82 Å². The van der Waals surface area contributed by atoms with E-state index in [0.29, 0.717) is 6.54 Å². The van der Waals surface area contributed by atoms with Crippen LogP contribution in [0.25, 0.3) is 6.08 Å². The largest absolute Gasteiger partial charge is 0.351 e. The molecule has 2 rings (SSSR count). The Balaban J connectivity index is 1.95. The maximum absolute atomic E-state index is 12.9. The van der Waals surface area contributed by atoms with Crippen molar-refractivity contribution in [3.8, 4) is 0 Å². The molecule has 1 unspecified atom stereocenters. The maximum Gasteiger partial charge on any atom is 0.244 e. The van der Waals surface area contributed by atoms with E-state index in [1.807, 2.05) is 14.1 Å². The van der Waals surface area contributed by atoms with Gasteiger partial charge >= 0.3 is 0 Å². The van der Waals surface area contributed by atoms with E-state index in [9.17, 15) is 9.18 Å². The molecule has 1 N–H and O–H groups in total. The average Bonchev–Trinajstić information content (AvgIpc) is 2.61. The van der Waals surface area contributed by atoms with Crippen LogP contribution in [0.3, 0.4) is 0 Å². The summed E-state index contributed by atoms with van der Waals surface area (Å²) in [5.41, 5.74) is 3.26. The number of nitrogens with zero attached hydrogens (tertiary/aromatic N) is 1. The molecule has 0 aliphatic heterocycles. The van der Waals surface area contributed by atoms with Crippen LogP contribution in [0.2, 0.25) is 0 Å². The van der Waals surface area contributed by atoms with Gasteiger partial charge in [0.25, 0.3) is 0 Å². The van der Waals surface area contributed by atoms with Crippen molar-refractivity contribution >= 4 is 12.0 Å². The molecular formula is C21H25FN2O. The monoisotopic (exact) mass is 340 g/mol. The highest BCUT2D eigenvalue weighted by molar-refractivity contribution is 5.91. The fourth-order valence-electron chi connectivity index (χ4n) is 2.58. The Morgan fingerprint density at radius 2 is 1.76 bits per heavy atom. The molecular weight excluding hydrogens is 315 g/mol. The van der Waals surface area contributed by atoms with Gasteiger partial charge in [-0.1, -0.05) is 43.3 Å². The van der Waals surface area contributed by atoms with Crippen molar-refractivity contribution in [1.29, 1.82) is 0 Å². The van der Waals surface area contributed by atoms with Crippen molar-refractivity contribution in [2.45, 2.75) is 19.4 Å². The van der Waals surface area contributed by atoms with Crippen molar-refractivity contribution < 1.29 is 9.18 Å². The Morgan fingerprint density at radius 1 is 1.12 bits per heavy atom. The quantitative estimate of drug-likeness (QED) is 0.777. The number of nitrogens with one attached hydrogen (secondary N) is 1. The molecule has 0 spiro atoms. The lowest BCUT2D eigenvalue weighted by molar-refractivity contribution is -0.116. The lowest BCUT2D eigenvalue weighted by Crippen LogP contribution is -2.33. The van der Waals surface area contributed by atoms with Crippen LogP contribution < -0.4 is 5.32 Å². The number of carbonyl (C=O) groups is 1. The van der Waals surface area contributed by atoms with E-state index < -0.39 is 0 Å². The molecule has 3 nitrogen and oxygen atoms in total. The Kier molecular flexibility index (Phi) is 6.90. The van der Waals surface area contributed by atoms with Gasteiger partial charge in [-0.25, -0.2) is 4.39 Å². The minimum atomic E-state index is -0.287. The molecule has 0 aromatic heterocycles. The highest BCUT2D eigenvalue weighted by atomic mass is 19.1. The molecule has 2 aromatic rings. The second-order valence-electron chi connectivity index (χ2n) is 6.20. The van der Waals surface area contributed by atoms with Crippen molar-refractivity contribution in [3.63, 3.8) is 0 Å². The molecule has 0 bridgehead atoms. The first-order chi connectivity index (χ1) is 12.0. The number of halogens is 1. The van der Waals surface area contributed by atoms with E-state index in [1.165, 1.54) is 29.3 Å². The Bertz CT molecular complexity index is 706. The van der Waals surface area contributed by atoms with E-state index in [0.717, 1.165) is 12.0 Å². The first-order valence-corrected chi connectivity index (χ1v) is 8.46. The van der Waals surface area contributed by atoms with E-state index in [2.05, 4.69) is 41.4 Å². The van der Waals surface area contributed by atoms with Crippen LogP contribution in [0.1, 0.15) is 29.7 Å². The van der Waals surface area contributed by atoms with Gasteiger partial charge in [0.05, 0.1) is 6.04 Å². The van der Waals surface area contributed by atoms with E-state index in [1.54, 1.807) is 18.2 Å². The van der Waals surface area contributed by atoms with Gasteiger partial charge in [0.15, 0.2) is 0 Å². The summed E-state index contributed by atoms with van der Waals surface area (Å²) in [6.07, 6.45) is 4.16. The van der Waals surface area contributed by atoms with Crippen LogP contribution >= 0.6 is 0 Å². The van der Waals surface area contributed by atoms with Gasteiger partial charge in [-0.05, 0) is 55.4 Å². The molecule has 1 amide bonds. The first kappa shape index (κ1) is 18.9. The molecule has 0 saturated heterocycles. The van der Waals surface area contributed by atoms with Crippen molar-refractivity contribution in [1.82, 2.24) is 10.2 Å². The molecule has 2 aromatic carbocycles. The lowest BCUT2D eigenvalue weighted by Gasteiger charge is -2.25. The van der Waals surface area contributed by atoms with Crippen molar-refractivity contribution in [2.75, 3.05) is 20.6 Å². The summed E-state index contributed by atoms with van der Waals surface area (Å²) in [5.74, 6) is -0.453. The smallest absolute Gasteiger partial charge is 0.244 e. The van der Waals surface area contributed by atoms with Gasteiger partial charge in [0, 0.05) is 12.6 Å². The van der Waals surface area contributed by atoms with Gasteiger partial charge in [0.1, 0.15) is 5.82 Å². The Morgan fingerprint density at radius 3 is 2.32 bits per heavy atom. The number of rotatable bonds is 7. The first-order valence-electron chi connectivity index (χ1n) is 8.46. The van der Waals surface area contributed by atoms with Crippen LogP contribution in [0.15, 0.2) is 54.6 Å². The van der Waals surface area contributed by atoms with E-state index in [4.69, 9.17) is 0 Å². The standard InChI is InChI=1S/C21H25FN2O/c1-4-16-5-10-18(11-6-16)20(24(2)3)15-23-21(25)14-9-17-7-12-19(22)13-8-17/h5-14,20H,4,15H2,1-3H3,(H,23,25)/b14-9+. The van der Waals surface area contributed by atoms with Crippen molar-refractivity contribution in [2.24, 2.45) is 0 Å². The molecule has 25 heavy (non-hydrogen) atoms. The molecule has 0 aliphatic rings. The van der Waals surface area contributed by atoms with Crippen LogP contribution in [0.4, 0.5) is 4.39 Å². The minimum absolute atomic E-state index is 0.106. The fourth-order valence-corrected chi connectivity index (χ4v) is 2.58. The number of benzene rings is 2. The summed E-state index contributed by atoms with van der Waals surface area (Å²) in [6, 6.07) is 14.6. The third-order valence-electron chi connectivity index (χ3n) is 4.16. The SMILES string of the molecule is CCc1ccc(C(CNC(=O)/C=C/c2ccc(F)cc2)N(C)C)cc1. The molecule has 1 atom stereocenters. The zero-order valence-electron chi connectivity index (χ0n) is 15.0. The summed E-state index contributed by atoms with van der Waals surface area (Å²) >= 11 is 0. The van der Waals surface area contributed by atoms with Gasteiger partial charge in [0.2, 0.25) is 5.91 Å². The number of hydrogen-bond acceptors (Lipinski definition) is 2. The van der Waals surface area contributed by atoms with Gasteiger partial charge < -0.3 is 10.2 Å². The average molecular weight is 340 g/mol. The zero-order chi connectivity index (χ0) is 18.2. The van der Waals surface area contributed by atoms with Crippen LogP contribution in [-0.2, 0) is 11.2 Å². The third-order valence-corrected chi connectivity index (χ3v) is 4.16. The molecule has 4 heteroatoms. The van der Waals surface area contributed by atoms with E-state index >= 15 is 0 Å². The second kappa shape index (κ2) is 9.14. The molecule has 0 aliphatic carbocycles. The summed E-state index contributed by atoms with van der Waals surface area (Å²) in [4.78, 5) is 14.1. The summed E-state index contributed by atoms with van der Waals surface area (Å²) < 4.78 is 12.9. The Hall–Kier alpha value is -2.46. The minimum Gasteiger partial charge on any atom is -0.351 e. The summed E-state index contributed by atoms with van der Waals surface area (Å²) in [6.45, 7) is 2.65. The highest BCUT2D eigenvalue weighted by Crippen LogP contribution is 2.18. The van der Waals surface area contributed by atoms with Crippen LogP contribution in [-0.4, -0.2) is 31.4 Å². The van der Waals surface area contributed by atoms with E-state index in [-0.39, 0.29) is 17.8 Å². The predicted octanol–water partition coefficient (Wildman–Crippen LogP) is 3.82.